The second-order valence-electron chi connectivity index (χ2n) is 5.22. The average Bonchev–Trinajstić information content (AvgIpc) is 2.61. The van der Waals surface area contributed by atoms with Crippen LogP contribution in [0.5, 0.6) is 0 Å². The molecule has 3 rings (SSSR count). The first-order valence-corrected chi connectivity index (χ1v) is 6.82. The van der Waals surface area contributed by atoms with Crippen LogP contribution in [0.25, 0.3) is 11.1 Å². The highest BCUT2D eigenvalue weighted by Gasteiger charge is 2.34. The third-order valence-electron chi connectivity index (χ3n) is 3.74. The molecule has 0 atom stereocenters. The van der Waals surface area contributed by atoms with Gasteiger partial charge in [-0.25, -0.2) is 0 Å². The summed E-state index contributed by atoms with van der Waals surface area (Å²) in [6, 6.07) is 15.6. The summed E-state index contributed by atoms with van der Waals surface area (Å²) in [5.41, 5.74) is 7.23. The summed E-state index contributed by atoms with van der Waals surface area (Å²) in [6.45, 7) is 10.8. The lowest BCUT2D eigenvalue weighted by atomic mass is 9.82. The molecule has 18 heavy (non-hydrogen) atoms. The molecule has 0 fully saturated rings. The van der Waals surface area contributed by atoms with E-state index in [-0.39, 0.29) is 5.41 Å². The van der Waals surface area contributed by atoms with Crippen molar-refractivity contribution >= 4 is 0 Å². The van der Waals surface area contributed by atoms with Crippen LogP contribution in [0.4, 0.5) is 0 Å². The second-order valence-corrected chi connectivity index (χ2v) is 5.22. The van der Waals surface area contributed by atoms with Crippen LogP contribution < -0.4 is 0 Å². The van der Waals surface area contributed by atoms with Crippen molar-refractivity contribution in [3.63, 3.8) is 0 Å². The normalized spacial score (nSPS) is 14.3. The highest BCUT2D eigenvalue weighted by atomic mass is 14.4. The molecule has 2 aromatic carbocycles. The van der Waals surface area contributed by atoms with E-state index in [0.717, 1.165) is 0 Å². The summed E-state index contributed by atoms with van der Waals surface area (Å²) in [6.07, 6.45) is 0. The lowest BCUT2D eigenvalue weighted by Crippen LogP contribution is -2.14. The van der Waals surface area contributed by atoms with Gasteiger partial charge in [0.05, 0.1) is 0 Å². The Labute approximate surface area is 111 Å². The van der Waals surface area contributed by atoms with Gasteiger partial charge in [-0.05, 0) is 29.2 Å². The first-order valence-electron chi connectivity index (χ1n) is 6.82. The third-order valence-corrected chi connectivity index (χ3v) is 3.74. The minimum absolute atomic E-state index is 0.152. The molecule has 0 unspecified atom stereocenters. The molecule has 0 heterocycles. The maximum Gasteiger partial charge on any atom is 0.0158 e. The quantitative estimate of drug-likeness (QED) is 0.582. The Bertz CT molecular complexity index is 562. The Morgan fingerprint density at radius 1 is 0.778 bits per heavy atom. The van der Waals surface area contributed by atoms with Gasteiger partial charge in [-0.1, -0.05) is 75.7 Å². The lowest BCUT2D eigenvalue weighted by Gasteiger charge is -2.21. The molecule has 0 saturated heterocycles. The SMILES string of the molecule is CC.Cc1ccc2c(c1)-c1ccccc1C2(C)C. The van der Waals surface area contributed by atoms with Crippen LogP contribution >= 0.6 is 0 Å². The fourth-order valence-corrected chi connectivity index (χ4v) is 2.83. The zero-order chi connectivity index (χ0) is 13.3. The molecule has 0 N–H and O–H groups in total. The number of benzene rings is 2. The molecule has 2 aromatic rings. The molecule has 1 aliphatic rings. The van der Waals surface area contributed by atoms with Gasteiger partial charge in [-0.15, -0.1) is 0 Å². The fourth-order valence-electron chi connectivity index (χ4n) is 2.83. The molecule has 0 radical (unpaired) electrons. The first kappa shape index (κ1) is 12.9. The van der Waals surface area contributed by atoms with E-state index >= 15 is 0 Å². The van der Waals surface area contributed by atoms with Gasteiger partial charge in [-0.2, -0.15) is 0 Å². The van der Waals surface area contributed by atoms with Crippen molar-refractivity contribution in [1.29, 1.82) is 0 Å². The molecule has 0 saturated carbocycles. The Morgan fingerprint density at radius 3 is 2.11 bits per heavy atom. The molecule has 0 spiro atoms. The number of fused-ring (bicyclic) bond motifs is 3. The van der Waals surface area contributed by atoms with E-state index in [4.69, 9.17) is 0 Å². The summed E-state index contributed by atoms with van der Waals surface area (Å²) in [4.78, 5) is 0. The van der Waals surface area contributed by atoms with Crippen LogP contribution in [0, 0.1) is 6.92 Å². The van der Waals surface area contributed by atoms with Gasteiger partial charge in [0.25, 0.3) is 0 Å². The summed E-state index contributed by atoms with van der Waals surface area (Å²) >= 11 is 0. The van der Waals surface area contributed by atoms with Gasteiger partial charge in [0, 0.05) is 5.41 Å². The van der Waals surface area contributed by atoms with Crippen molar-refractivity contribution in [1.82, 2.24) is 0 Å². The topological polar surface area (TPSA) is 0 Å². The van der Waals surface area contributed by atoms with Crippen LogP contribution in [0.1, 0.15) is 44.4 Å². The zero-order valence-electron chi connectivity index (χ0n) is 12.0. The molecule has 0 amide bonds. The number of hydrogen-bond donors (Lipinski definition) is 0. The highest BCUT2D eigenvalue weighted by molar-refractivity contribution is 5.80. The predicted molar refractivity (Wildman–Crippen MR) is 80.1 cm³/mol. The van der Waals surface area contributed by atoms with Crippen LogP contribution in [0.15, 0.2) is 42.5 Å². The van der Waals surface area contributed by atoms with Gasteiger partial charge in [0.2, 0.25) is 0 Å². The summed E-state index contributed by atoms with van der Waals surface area (Å²) in [7, 11) is 0. The van der Waals surface area contributed by atoms with Crippen molar-refractivity contribution in [2.24, 2.45) is 0 Å². The van der Waals surface area contributed by atoms with E-state index in [1.54, 1.807) is 0 Å². The molecular weight excluding hydrogens is 216 g/mol. The Kier molecular flexibility index (Phi) is 3.30. The van der Waals surface area contributed by atoms with Gasteiger partial charge < -0.3 is 0 Å². The molecular formula is C18H22. The van der Waals surface area contributed by atoms with Gasteiger partial charge >= 0.3 is 0 Å². The van der Waals surface area contributed by atoms with Crippen LogP contribution in [0.2, 0.25) is 0 Å². The molecule has 0 aliphatic heterocycles. The molecule has 1 aliphatic carbocycles. The number of rotatable bonds is 0. The predicted octanol–water partition coefficient (Wildman–Crippen LogP) is 5.33. The number of aryl methyl sites for hydroxylation is 1. The van der Waals surface area contributed by atoms with E-state index in [9.17, 15) is 0 Å². The number of hydrogen-bond acceptors (Lipinski definition) is 0. The van der Waals surface area contributed by atoms with Crippen molar-refractivity contribution in [2.45, 2.75) is 40.0 Å². The Morgan fingerprint density at radius 2 is 1.39 bits per heavy atom. The van der Waals surface area contributed by atoms with Crippen molar-refractivity contribution in [3.8, 4) is 11.1 Å². The van der Waals surface area contributed by atoms with Gasteiger partial charge in [-0.3, -0.25) is 0 Å². The van der Waals surface area contributed by atoms with Crippen LogP contribution in [-0.2, 0) is 5.41 Å². The minimum Gasteiger partial charge on any atom is -0.0683 e. The van der Waals surface area contributed by atoms with Gasteiger partial charge in [0.15, 0.2) is 0 Å². The molecule has 0 nitrogen and oxygen atoms in total. The van der Waals surface area contributed by atoms with Crippen LogP contribution in [-0.4, -0.2) is 0 Å². The zero-order valence-corrected chi connectivity index (χ0v) is 12.0. The van der Waals surface area contributed by atoms with E-state index in [0.29, 0.717) is 0 Å². The molecule has 0 heteroatoms. The Hall–Kier alpha value is -1.56. The van der Waals surface area contributed by atoms with Crippen molar-refractivity contribution in [2.75, 3.05) is 0 Å². The van der Waals surface area contributed by atoms with E-state index in [1.807, 2.05) is 13.8 Å². The fraction of sp³-hybridized carbons (Fsp3) is 0.333. The van der Waals surface area contributed by atoms with Crippen molar-refractivity contribution in [3.05, 3.63) is 59.2 Å². The van der Waals surface area contributed by atoms with Gasteiger partial charge in [0.1, 0.15) is 0 Å². The first-order chi connectivity index (χ1) is 8.60. The monoisotopic (exact) mass is 238 g/mol. The summed E-state index contributed by atoms with van der Waals surface area (Å²) in [5.74, 6) is 0. The highest BCUT2D eigenvalue weighted by Crippen LogP contribution is 2.48. The molecule has 0 aromatic heterocycles. The van der Waals surface area contributed by atoms with Crippen LogP contribution in [0.3, 0.4) is 0 Å². The lowest BCUT2D eigenvalue weighted by molar-refractivity contribution is 0.660. The maximum absolute atomic E-state index is 2.31. The summed E-state index contributed by atoms with van der Waals surface area (Å²) in [5, 5.41) is 0. The summed E-state index contributed by atoms with van der Waals surface area (Å²) < 4.78 is 0. The van der Waals surface area contributed by atoms with Crippen molar-refractivity contribution < 1.29 is 0 Å². The minimum atomic E-state index is 0.152. The largest absolute Gasteiger partial charge is 0.0683 e. The standard InChI is InChI=1S/C16H16.C2H6/c1-11-8-9-15-13(10-11)12-6-4-5-7-14(12)16(15,2)3;1-2/h4-10H,1-3H3;1-2H3. The second kappa shape index (κ2) is 4.61. The molecule has 94 valence electrons. The maximum atomic E-state index is 2.31. The third kappa shape index (κ3) is 1.77. The smallest absolute Gasteiger partial charge is 0.0158 e. The van der Waals surface area contributed by atoms with E-state index in [2.05, 4.69) is 63.2 Å². The van der Waals surface area contributed by atoms with E-state index < -0.39 is 0 Å². The Balaban J connectivity index is 0.000000574. The van der Waals surface area contributed by atoms with E-state index in [1.165, 1.54) is 27.8 Å². The average molecular weight is 238 g/mol. The molecule has 0 bridgehead atoms.